The number of carbonyl (C=O) groups excluding carboxylic acids is 1. The van der Waals surface area contributed by atoms with E-state index in [9.17, 15) is 13.2 Å². The molecule has 9 heteroatoms. The van der Waals surface area contributed by atoms with Crippen molar-refractivity contribution >= 4 is 32.7 Å². The van der Waals surface area contributed by atoms with Crippen LogP contribution in [0.1, 0.15) is 45.0 Å². The maximum atomic E-state index is 12.9. The van der Waals surface area contributed by atoms with Crippen LogP contribution >= 0.6 is 0 Å². The first-order valence-electron chi connectivity index (χ1n) is 11.1. The van der Waals surface area contributed by atoms with Crippen LogP contribution in [0, 0.1) is 11.3 Å². The molecular formula is C24H29N5O3S. The number of benzene rings is 2. The van der Waals surface area contributed by atoms with E-state index in [1.165, 1.54) is 4.31 Å². The molecule has 0 aliphatic rings. The molecule has 8 nitrogen and oxygen atoms in total. The summed E-state index contributed by atoms with van der Waals surface area (Å²) in [5, 5.41) is 11.8. The molecule has 0 aliphatic heterocycles. The van der Waals surface area contributed by atoms with Gasteiger partial charge in [0.05, 0.1) is 27.6 Å². The summed E-state index contributed by atoms with van der Waals surface area (Å²) in [5.74, 6) is 0.565. The molecule has 0 atom stereocenters. The summed E-state index contributed by atoms with van der Waals surface area (Å²) in [4.78, 5) is 17.4. The lowest BCUT2D eigenvalue weighted by Crippen LogP contribution is -2.30. The van der Waals surface area contributed by atoms with Crippen molar-refractivity contribution < 1.29 is 13.2 Å². The summed E-state index contributed by atoms with van der Waals surface area (Å²) in [6.07, 6.45) is 1.51. The van der Waals surface area contributed by atoms with Crippen LogP contribution in [0.15, 0.2) is 47.4 Å². The van der Waals surface area contributed by atoms with Gasteiger partial charge in [0, 0.05) is 38.2 Å². The van der Waals surface area contributed by atoms with Gasteiger partial charge in [-0.05, 0) is 42.8 Å². The third-order valence-corrected chi connectivity index (χ3v) is 7.49. The van der Waals surface area contributed by atoms with Gasteiger partial charge in [0.25, 0.3) is 0 Å². The quantitative estimate of drug-likeness (QED) is 0.486. The van der Waals surface area contributed by atoms with Crippen LogP contribution in [0.2, 0.25) is 0 Å². The van der Waals surface area contributed by atoms with Crippen molar-refractivity contribution in [2.75, 3.05) is 18.4 Å². The Labute approximate surface area is 194 Å². The summed E-state index contributed by atoms with van der Waals surface area (Å²) in [6.45, 7) is 7.21. The van der Waals surface area contributed by atoms with E-state index in [1.807, 2.05) is 18.4 Å². The van der Waals surface area contributed by atoms with Gasteiger partial charge in [-0.3, -0.25) is 4.79 Å². The lowest BCUT2D eigenvalue weighted by atomic mass is 10.2. The van der Waals surface area contributed by atoms with Gasteiger partial charge in [-0.25, -0.2) is 13.4 Å². The summed E-state index contributed by atoms with van der Waals surface area (Å²) >= 11 is 0. The molecule has 1 N–H and O–H groups in total. The molecule has 0 radical (unpaired) electrons. The molecule has 0 spiro atoms. The average molecular weight is 468 g/mol. The number of nitrogens with zero attached hydrogens (tertiary/aromatic N) is 4. The maximum Gasteiger partial charge on any atom is 0.243 e. The minimum absolute atomic E-state index is 0.176. The van der Waals surface area contributed by atoms with Crippen molar-refractivity contribution in [2.24, 2.45) is 0 Å². The molecule has 2 aromatic carbocycles. The Morgan fingerprint density at radius 1 is 1.15 bits per heavy atom. The SMILES string of the molecule is CCCn1c(CCC(=O)Nc2cccc(C#N)c2)nc2cc(S(=O)(=O)N(CC)CC)ccc21. The number of nitriles is 1. The van der Waals surface area contributed by atoms with E-state index >= 15 is 0 Å². The van der Waals surface area contributed by atoms with Gasteiger partial charge < -0.3 is 9.88 Å². The normalized spacial score (nSPS) is 11.6. The molecule has 1 aromatic heterocycles. The third-order valence-electron chi connectivity index (χ3n) is 5.44. The third kappa shape index (κ3) is 5.41. The summed E-state index contributed by atoms with van der Waals surface area (Å²) < 4.78 is 29.3. The van der Waals surface area contributed by atoms with E-state index in [0.717, 1.165) is 24.3 Å². The molecule has 1 heterocycles. The predicted octanol–water partition coefficient (Wildman–Crippen LogP) is 3.92. The molecule has 3 rings (SSSR count). The van der Waals surface area contributed by atoms with E-state index in [-0.39, 0.29) is 17.2 Å². The highest BCUT2D eigenvalue weighted by molar-refractivity contribution is 7.89. The van der Waals surface area contributed by atoms with Crippen LogP contribution in [0.25, 0.3) is 11.0 Å². The molecule has 0 unspecified atom stereocenters. The van der Waals surface area contributed by atoms with E-state index < -0.39 is 10.0 Å². The van der Waals surface area contributed by atoms with Gasteiger partial charge in [-0.2, -0.15) is 9.57 Å². The predicted molar refractivity (Wildman–Crippen MR) is 128 cm³/mol. The maximum absolute atomic E-state index is 12.9. The minimum atomic E-state index is -3.58. The van der Waals surface area contributed by atoms with Crippen molar-refractivity contribution in [1.82, 2.24) is 13.9 Å². The first-order chi connectivity index (χ1) is 15.8. The van der Waals surface area contributed by atoms with Gasteiger partial charge in [0.2, 0.25) is 15.9 Å². The second kappa shape index (κ2) is 10.6. The first-order valence-corrected chi connectivity index (χ1v) is 12.6. The molecule has 33 heavy (non-hydrogen) atoms. The Balaban J connectivity index is 1.84. The van der Waals surface area contributed by atoms with Gasteiger partial charge in [0.15, 0.2) is 0 Å². The summed E-state index contributed by atoms with van der Waals surface area (Å²) in [6, 6.07) is 13.9. The molecular weight excluding hydrogens is 438 g/mol. The van der Waals surface area contributed by atoms with Crippen molar-refractivity contribution in [3.63, 3.8) is 0 Å². The first kappa shape index (κ1) is 24.4. The fourth-order valence-electron chi connectivity index (χ4n) is 3.81. The molecule has 0 saturated heterocycles. The number of carbonyl (C=O) groups is 1. The number of nitrogens with one attached hydrogen (secondary N) is 1. The van der Waals surface area contributed by atoms with E-state index in [2.05, 4.69) is 23.3 Å². The van der Waals surface area contributed by atoms with Gasteiger partial charge >= 0.3 is 0 Å². The number of rotatable bonds is 10. The van der Waals surface area contributed by atoms with E-state index in [1.54, 1.807) is 42.5 Å². The zero-order valence-corrected chi connectivity index (χ0v) is 20.0. The Kier molecular flexibility index (Phi) is 7.84. The highest BCUT2D eigenvalue weighted by Crippen LogP contribution is 2.24. The van der Waals surface area contributed by atoms with Crippen LogP contribution in [-0.4, -0.2) is 41.3 Å². The fraction of sp³-hybridized carbons (Fsp3) is 0.375. The van der Waals surface area contributed by atoms with Crippen LogP contribution < -0.4 is 5.32 Å². The standard InChI is InChI=1S/C24H29N5O3S/c1-4-14-29-22-11-10-20(33(31,32)28(5-2)6-3)16-21(22)27-23(29)12-13-24(30)26-19-9-7-8-18(15-19)17-25/h7-11,15-16H,4-6,12-14H2,1-3H3,(H,26,30). The Morgan fingerprint density at radius 3 is 2.58 bits per heavy atom. The molecule has 3 aromatic rings. The summed E-state index contributed by atoms with van der Waals surface area (Å²) in [7, 11) is -3.58. The summed E-state index contributed by atoms with van der Waals surface area (Å²) in [5.41, 5.74) is 2.52. The Morgan fingerprint density at radius 2 is 1.91 bits per heavy atom. The highest BCUT2D eigenvalue weighted by Gasteiger charge is 2.23. The van der Waals surface area contributed by atoms with Crippen molar-refractivity contribution in [2.45, 2.75) is 51.5 Å². The number of fused-ring (bicyclic) bond motifs is 1. The number of hydrogen-bond acceptors (Lipinski definition) is 5. The largest absolute Gasteiger partial charge is 0.328 e. The second-order valence-corrected chi connectivity index (χ2v) is 9.60. The zero-order chi connectivity index (χ0) is 24.0. The Hall–Kier alpha value is -3.22. The molecule has 0 aliphatic carbocycles. The lowest BCUT2D eigenvalue weighted by molar-refractivity contribution is -0.116. The van der Waals surface area contributed by atoms with Gasteiger partial charge in [0.1, 0.15) is 5.82 Å². The van der Waals surface area contributed by atoms with Crippen molar-refractivity contribution in [3.05, 3.63) is 53.9 Å². The molecule has 1 amide bonds. The smallest absolute Gasteiger partial charge is 0.243 e. The fourth-order valence-corrected chi connectivity index (χ4v) is 5.29. The number of sulfonamides is 1. The Bertz CT molecular complexity index is 1290. The van der Waals surface area contributed by atoms with E-state index in [4.69, 9.17) is 5.26 Å². The molecule has 174 valence electrons. The van der Waals surface area contributed by atoms with Crippen LogP contribution in [0.4, 0.5) is 5.69 Å². The van der Waals surface area contributed by atoms with Gasteiger partial charge in [-0.1, -0.05) is 26.8 Å². The zero-order valence-electron chi connectivity index (χ0n) is 19.2. The van der Waals surface area contributed by atoms with Crippen molar-refractivity contribution in [1.29, 1.82) is 5.26 Å². The molecule has 0 saturated carbocycles. The monoisotopic (exact) mass is 467 g/mol. The number of imidazole rings is 1. The number of hydrogen-bond donors (Lipinski definition) is 1. The number of amides is 1. The van der Waals surface area contributed by atoms with Crippen LogP contribution in [0.5, 0.6) is 0 Å². The van der Waals surface area contributed by atoms with E-state index in [0.29, 0.717) is 36.3 Å². The lowest BCUT2D eigenvalue weighted by Gasteiger charge is -2.18. The van der Waals surface area contributed by atoms with Gasteiger partial charge in [-0.15, -0.1) is 0 Å². The molecule has 0 bridgehead atoms. The minimum Gasteiger partial charge on any atom is -0.328 e. The molecule has 0 fully saturated rings. The number of aromatic nitrogens is 2. The number of anilines is 1. The average Bonchev–Trinajstić information content (AvgIpc) is 3.15. The highest BCUT2D eigenvalue weighted by atomic mass is 32.2. The number of aryl methyl sites for hydroxylation is 2. The van der Waals surface area contributed by atoms with Crippen LogP contribution in [0.3, 0.4) is 0 Å². The second-order valence-electron chi connectivity index (χ2n) is 7.66. The van der Waals surface area contributed by atoms with Crippen LogP contribution in [-0.2, 0) is 27.8 Å². The topological polar surface area (TPSA) is 108 Å². The van der Waals surface area contributed by atoms with Crippen molar-refractivity contribution in [3.8, 4) is 6.07 Å².